The van der Waals surface area contributed by atoms with Gasteiger partial charge in [0.1, 0.15) is 0 Å². The molecule has 10 heteroatoms. The zero-order chi connectivity index (χ0) is 22.9. The summed E-state index contributed by atoms with van der Waals surface area (Å²) in [6.07, 6.45) is 5.12. The molecule has 32 heavy (non-hydrogen) atoms. The van der Waals surface area contributed by atoms with Gasteiger partial charge in [-0.3, -0.25) is 19.4 Å². The first-order chi connectivity index (χ1) is 15.3. The number of rotatable bonds is 6. The molecular weight excluding hydrogens is 434 g/mol. The number of esters is 1. The van der Waals surface area contributed by atoms with Crippen LogP contribution in [0, 0.1) is 11.8 Å². The standard InChI is InChI=1S/C22H27N3O6S/c1-2-31-22(28)16-7-9-17(10-8-16)32(29,30)24-13-11-23(12-14-24)15-25-20(26)18-5-3-4-6-19(18)21(25)27/h3-4,7-10,18-19H,2,5-6,11-15H2,1H3. The minimum absolute atomic E-state index is 0.112. The molecule has 2 amide bonds. The van der Waals surface area contributed by atoms with Crippen LogP contribution in [0.4, 0.5) is 0 Å². The zero-order valence-corrected chi connectivity index (χ0v) is 18.8. The number of sulfonamides is 1. The number of piperazine rings is 1. The molecule has 0 bridgehead atoms. The second-order valence-corrected chi connectivity index (χ2v) is 10.1. The molecule has 0 saturated carbocycles. The van der Waals surface area contributed by atoms with Crippen LogP contribution in [-0.2, 0) is 24.3 Å². The second kappa shape index (κ2) is 9.13. The van der Waals surface area contributed by atoms with Crippen molar-refractivity contribution in [1.82, 2.24) is 14.1 Å². The molecule has 1 aromatic rings. The van der Waals surface area contributed by atoms with E-state index >= 15 is 0 Å². The number of hydrogen-bond acceptors (Lipinski definition) is 7. The topological polar surface area (TPSA) is 104 Å². The second-order valence-electron chi connectivity index (χ2n) is 8.17. The van der Waals surface area contributed by atoms with Crippen LogP contribution in [0.15, 0.2) is 41.3 Å². The van der Waals surface area contributed by atoms with E-state index in [0.717, 1.165) is 0 Å². The van der Waals surface area contributed by atoms with Crippen LogP contribution < -0.4 is 0 Å². The number of allylic oxidation sites excluding steroid dienone is 2. The van der Waals surface area contributed by atoms with Gasteiger partial charge >= 0.3 is 5.97 Å². The van der Waals surface area contributed by atoms with Gasteiger partial charge < -0.3 is 4.74 Å². The van der Waals surface area contributed by atoms with Crippen LogP contribution in [0.1, 0.15) is 30.1 Å². The van der Waals surface area contributed by atoms with Gasteiger partial charge in [0.2, 0.25) is 21.8 Å². The van der Waals surface area contributed by atoms with E-state index in [0.29, 0.717) is 31.5 Å². The molecule has 2 heterocycles. The minimum Gasteiger partial charge on any atom is -0.462 e. The Morgan fingerprint density at radius 3 is 2.06 bits per heavy atom. The molecular formula is C22H27N3O6S. The van der Waals surface area contributed by atoms with Crippen molar-refractivity contribution < 1.29 is 27.5 Å². The van der Waals surface area contributed by atoms with Crippen molar-refractivity contribution in [2.45, 2.75) is 24.7 Å². The summed E-state index contributed by atoms with van der Waals surface area (Å²) in [5.74, 6) is -1.26. The Kier molecular flexibility index (Phi) is 6.45. The van der Waals surface area contributed by atoms with E-state index in [9.17, 15) is 22.8 Å². The number of likely N-dealkylation sites (tertiary alicyclic amines) is 1. The lowest BCUT2D eigenvalue weighted by Crippen LogP contribution is -2.52. The van der Waals surface area contributed by atoms with Gasteiger partial charge in [-0.05, 0) is 44.0 Å². The fourth-order valence-corrected chi connectivity index (χ4v) is 5.87. The number of benzene rings is 1. The van der Waals surface area contributed by atoms with Gasteiger partial charge in [-0.25, -0.2) is 13.2 Å². The number of nitrogens with zero attached hydrogens (tertiary/aromatic N) is 3. The van der Waals surface area contributed by atoms with E-state index in [1.54, 1.807) is 6.92 Å². The van der Waals surface area contributed by atoms with Gasteiger partial charge in [0.15, 0.2) is 0 Å². The number of carbonyl (C=O) groups is 3. The highest BCUT2D eigenvalue weighted by molar-refractivity contribution is 7.89. The first-order valence-corrected chi connectivity index (χ1v) is 12.3. The number of carbonyl (C=O) groups excluding carboxylic acids is 3. The number of fused-ring (bicyclic) bond motifs is 1. The molecule has 2 atom stereocenters. The molecule has 1 aliphatic carbocycles. The third-order valence-electron chi connectivity index (χ3n) is 6.27. The third-order valence-corrected chi connectivity index (χ3v) is 8.19. The van der Waals surface area contributed by atoms with E-state index in [1.165, 1.54) is 33.5 Å². The molecule has 2 fully saturated rings. The van der Waals surface area contributed by atoms with E-state index in [2.05, 4.69) is 0 Å². The highest BCUT2D eigenvalue weighted by atomic mass is 32.2. The van der Waals surface area contributed by atoms with Crippen molar-refractivity contribution in [3.05, 3.63) is 42.0 Å². The highest BCUT2D eigenvalue weighted by Crippen LogP contribution is 2.35. The molecule has 2 aliphatic heterocycles. The first kappa shape index (κ1) is 22.6. The average molecular weight is 462 g/mol. The maximum Gasteiger partial charge on any atom is 0.338 e. The molecule has 172 valence electrons. The number of hydrogen-bond donors (Lipinski definition) is 0. The van der Waals surface area contributed by atoms with E-state index in [1.807, 2.05) is 17.1 Å². The van der Waals surface area contributed by atoms with Crippen molar-refractivity contribution in [1.29, 1.82) is 0 Å². The summed E-state index contributed by atoms with van der Waals surface area (Å²) in [5.41, 5.74) is 0.298. The molecule has 2 saturated heterocycles. The number of amides is 2. The Bertz CT molecular complexity index is 1000. The summed E-state index contributed by atoms with van der Waals surface area (Å²) in [7, 11) is -3.71. The Morgan fingerprint density at radius 2 is 1.53 bits per heavy atom. The quantitative estimate of drug-likeness (QED) is 0.355. The number of imide groups is 1. The van der Waals surface area contributed by atoms with Crippen molar-refractivity contribution in [3.63, 3.8) is 0 Å². The van der Waals surface area contributed by atoms with Gasteiger partial charge in [-0.1, -0.05) is 12.2 Å². The Hall–Kier alpha value is -2.56. The van der Waals surface area contributed by atoms with Gasteiger partial charge in [-0.2, -0.15) is 4.31 Å². The summed E-state index contributed by atoms with van der Waals surface area (Å²) in [6, 6.07) is 5.71. The van der Waals surface area contributed by atoms with Crippen molar-refractivity contribution in [3.8, 4) is 0 Å². The van der Waals surface area contributed by atoms with Crippen LogP contribution in [0.2, 0.25) is 0 Å². The molecule has 3 aliphatic rings. The van der Waals surface area contributed by atoms with Gasteiger partial charge in [0.05, 0.1) is 35.6 Å². The lowest BCUT2D eigenvalue weighted by atomic mass is 9.85. The van der Waals surface area contributed by atoms with E-state index < -0.39 is 16.0 Å². The van der Waals surface area contributed by atoms with Crippen LogP contribution >= 0.6 is 0 Å². The Labute approximate surface area is 187 Å². The van der Waals surface area contributed by atoms with Gasteiger partial charge in [-0.15, -0.1) is 0 Å². The van der Waals surface area contributed by atoms with Crippen LogP contribution in [0.25, 0.3) is 0 Å². The molecule has 0 radical (unpaired) electrons. The maximum atomic E-state index is 13.0. The van der Waals surface area contributed by atoms with E-state index in [4.69, 9.17) is 4.74 Å². The largest absolute Gasteiger partial charge is 0.462 e. The molecule has 0 N–H and O–H groups in total. The molecule has 0 aromatic heterocycles. The lowest BCUT2D eigenvalue weighted by molar-refractivity contribution is -0.142. The van der Waals surface area contributed by atoms with E-state index in [-0.39, 0.29) is 54.9 Å². The molecule has 9 nitrogen and oxygen atoms in total. The summed E-state index contributed by atoms with van der Waals surface area (Å²) in [5, 5.41) is 0. The molecule has 2 unspecified atom stereocenters. The van der Waals surface area contributed by atoms with Crippen LogP contribution in [0.5, 0.6) is 0 Å². The summed E-state index contributed by atoms with van der Waals surface area (Å²) in [4.78, 5) is 40.5. The van der Waals surface area contributed by atoms with Gasteiger partial charge in [0, 0.05) is 26.2 Å². The fraction of sp³-hybridized carbons (Fsp3) is 0.500. The van der Waals surface area contributed by atoms with Crippen LogP contribution in [0.3, 0.4) is 0 Å². The molecule has 1 aromatic carbocycles. The Balaban J connectivity index is 1.35. The third kappa shape index (κ3) is 4.22. The minimum atomic E-state index is -3.71. The van der Waals surface area contributed by atoms with Crippen LogP contribution in [-0.4, -0.2) is 79.8 Å². The number of ether oxygens (including phenoxy) is 1. The van der Waals surface area contributed by atoms with Crippen molar-refractivity contribution in [2.75, 3.05) is 39.5 Å². The monoisotopic (exact) mass is 461 g/mol. The highest BCUT2D eigenvalue weighted by Gasteiger charge is 2.47. The smallest absolute Gasteiger partial charge is 0.338 e. The maximum absolute atomic E-state index is 13.0. The fourth-order valence-electron chi connectivity index (χ4n) is 4.45. The summed E-state index contributed by atoms with van der Waals surface area (Å²) in [6.45, 7) is 3.51. The normalized spacial score (nSPS) is 24.6. The van der Waals surface area contributed by atoms with Gasteiger partial charge in [0.25, 0.3) is 0 Å². The van der Waals surface area contributed by atoms with Crippen molar-refractivity contribution >= 4 is 27.8 Å². The first-order valence-electron chi connectivity index (χ1n) is 10.8. The predicted molar refractivity (Wildman–Crippen MR) is 115 cm³/mol. The Morgan fingerprint density at radius 1 is 0.969 bits per heavy atom. The predicted octanol–water partition coefficient (Wildman–Crippen LogP) is 1.08. The average Bonchev–Trinajstić information content (AvgIpc) is 3.05. The summed E-state index contributed by atoms with van der Waals surface area (Å²) >= 11 is 0. The summed E-state index contributed by atoms with van der Waals surface area (Å²) < 4.78 is 32.3. The van der Waals surface area contributed by atoms with Crippen molar-refractivity contribution in [2.24, 2.45) is 11.8 Å². The SMILES string of the molecule is CCOC(=O)c1ccc(S(=O)(=O)N2CCN(CN3C(=O)C4CC=CCC4C3=O)CC2)cc1. The lowest BCUT2D eigenvalue weighted by Gasteiger charge is -2.35. The zero-order valence-electron chi connectivity index (χ0n) is 18.0. The molecule has 4 rings (SSSR count). The molecule has 0 spiro atoms.